The number of methoxy groups -OCH3 is 2. The van der Waals surface area contributed by atoms with Crippen molar-refractivity contribution in [2.75, 3.05) is 20.8 Å². The minimum absolute atomic E-state index is 0.0695. The Morgan fingerprint density at radius 2 is 1.71 bits per heavy atom. The van der Waals surface area contributed by atoms with Gasteiger partial charge in [0, 0.05) is 37.9 Å². The van der Waals surface area contributed by atoms with Crippen molar-refractivity contribution in [3.8, 4) is 17.6 Å². The van der Waals surface area contributed by atoms with Gasteiger partial charge >= 0.3 is 0 Å². The zero-order valence-corrected chi connectivity index (χ0v) is 15.5. The molecule has 0 amide bonds. The summed E-state index contributed by atoms with van der Waals surface area (Å²) in [7, 11) is 3.44. The quantitative estimate of drug-likeness (QED) is 0.749. The van der Waals surface area contributed by atoms with Crippen LogP contribution >= 0.6 is 0 Å². The third-order valence-corrected chi connectivity index (χ3v) is 5.00. The van der Waals surface area contributed by atoms with Crippen LogP contribution in [0.1, 0.15) is 46.4 Å². The maximum absolute atomic E-state index is 5.80. The monoisotopic (exact) mass is 332 g/mol. The van der Waals surface area contributed by atoms with E-state index < -0.39 is 0 Å². The molecule has 1 aliphatic rings. The van der Waals surface area contributed by atoms with E-state index in [1.54, 1.807) is 26.6 Å². The highest BCUT2D eigenvalue weighted by Crippen LogP contribution is 2.38. The first-order valence-corrected chi connectivity index (χ1v) is 8.31. The highest BCUT2D eigenvalue weighted by atomic mass is 16.5. The maximum Gasteiger partial charge on any atom is 0.205 e. The normalized spacial score (nSPS) is 20.8. The molecule has 1 heterocycles. The number of hydrogen-bond donors (Lipinski definition) is 0. The fourth-order valence-corrected chi connectivity index (χ4v) is 2.36. The van der Waals surface area contributed by atoms with Crippen molar-refractivity contribution in [2.45, 2.75) is 52.7 Å². The van der Waals surface area contributed by atoms with Gasteiger partial charge in [-0.3, -0.25) is 0 Å². The van der Waals surface area contributed by atoms with Gasteiger partial charge in [0.1, 0.15) is 6.10 Å². The van der Waals surface area contributed by atoms with E-state index in [-0.39, 0.29) is 16.9 Å². The van der Waals surface area contributed by atoms with E-state index in [0.717, 1.165) is 12.8 Å². The molecule has 5 heteroatoms. The molecule has 1 aromatic heterocycles. The molecule has 0 radical (unpaired) electrons. The van der Waals surface area contributed by atoms with Crippen molar-refractivity contribution in [3.05, 3.63) is 18.2 Å². The Kier molecular flexibility index (Phi) is 5.84. The van der Waals surface area contributed by atoms with E-state index >= 15 is 0 Å². The van der Waals surface area contributed by atoms with Crippen LogP contribution in [-0.4, -0.2) is 43.0 Å². The second kappa shape index (κ2) is 7.50. The number of hydrogen-bond acceptors (Lipinski definition) is 5. The van der Waals surface area contributed by atoms with Gasteiger partial charge in [0.2, 0.25) is 5.82 Å². The van der Waals surface area contributed by atoms with Gasteiger partial charge in [0.25, 0.3) is 0 Å². The van der Waals surface area contributed by atoms with Crippen LogP contribution in [0.2, 0.25) is 0 Å². The van der Waals surface area contributed by atoms with Gasteiger partial charge in [-0.2, -0.15) is 0 Å². The van der Waals surface area contributed by atoms with E-state index in [1.165, 1.54) is 0 Å². The predicted molar refractivity (Wildman–Crippen MR) is 92.8 cm³/mol. The standard InChI is InChI=1S/C19H28N2O3/c1-18(2,19(3,4)13-22-5)8-7-17-20-11-16(12-21-17)24-15-9-14(10-15)23-6/h11-12,14-15H,9-10,13H2,1-6H3. The highest BCUT2D eigenvalue weighted by molar-refractivity contribution is 5.27. The molecule has 1 aliphatic carbocycles. The lowest BCUT2D eigenvalue weighted by Crippen LogP contribution is -2.38. The van der Waals surface area contributed by atoms with Crippen molar-refractivity contribution in [2.24, 2.45) is 10.8 Å². The summed E-state index contributed by atoms with van der Waals surface area (Å²) in [6, 6.07) is 0. The minimum Gasteiger partial charge on any atom is -0.487 e. The first kappa shape index (κ1) is 18.7. The molecule has 0 atom stereocenters. The number of rotatable bonds is 6. The van der Waals surface area contributed by atoms with Crippen molar-refractivity contribution in [3.63, 3.8) is 0 Å². The average Bonchev–Trinajstić information content (AvgIpc) is 2.49. The van der Waals surface area contributed by atoms with Gasteiger partial charge in [-0.1, -0.05) is 19.8 Å². The van der Waals surface area contributed by atoms with E-state index in [4.69, 9.17) is 14.2 Å². The van der Waals surface area contributed by atoms with Crippen molar-refractivity contribution in [1.82, 2.24) is 9.97 Å². The number of nitrogens with zero attached hydrogens (tertiary/aromatic N) is 2. The van der Waals surface area contributed by atoms with Crippen LogP contribution in [0, 0.1) is 22.7 Å². The van der Waals surface area contributed by atoms with E-state index in [9.17, 15) is 0 Å². The summed E-state index contributed by atoms with van der Waals surface area (Å²) >= 11 is 0. The van der Waals surface area contributed by atoms with Gasteiger partial charge in [0.15, 0.2) is 5.75 Å². The molecular weight excluding hydrogens is 304 g/mol. The van der Waals surface area contributed by atoms with Crippen LogP contribution in [-0.2, 0) is 9.47 Å². The van der Waals surface area contributed by atoms with Crippen LogP contribution in [0.3, 0.4) is 0 Å². The summed E-state index contributed by atoms with van der Waals surface area (Å²) in [6.45, 7) is 9.16. The summed E-state index contributed by atoms with van der Waals surface area (Å²) in [5.74, 6) is 7.54. The lowest BCUT2D eigenvalue weighted by molar-refractivity contribution is -0.0383. The molecule has 1 aromatic rings. The van der Waals surface area contributed by atoms with Crippen molar-refractivity contribution < 1.29 is 14.2 Å². The van der Waals surface area contributed by atoms with Crippen molar-refractivity contribution in [1.29, 1.82) is 0 Å². The highest BCUT2D eigenvalue weighted by Gasteiger charge is 2.35. The second-order valence-corrected chi connectivity index (χ2v) is 7.50. The fraction of sp³-hybridized carbons (Fsp3) is 0.684. The number of aromatic nitrogens is 2. The summed E-state index contributed by atoms with van der Waals surface area (Å²) in [5.41, 5.74) is -0.289. The first-order valence-electron chi connectivity index (χ1n) is 8.31. The lowest BCUT2D eigenvalue weighted by atomic mass is 9.69. The Labute approximate surface area is 145 Å². The molecule has 0 saturated heterocycles. The van der Waals surface area contributed by atoms with E-state index in [1.807, 2.05) is 0 Å². The summed E-state index contributed by atoms with van der Waals surface area (Å²) in [6.07, 6.45) is 5.72. The summed E-state index contributed by atoms with van der Waals surface area (Å²) < 4.78 is 16.3. The maximum atomic E-state index is 5.80. The van der Waals surface area contributed by atoms with Gasteiger partial charge < -0.3 is 14.2 Å². The molecule has 1 fully saturated rings. The fourth-order valence-electron chi connectivity index (χ4n) is 2.36. The summed E-state index contributed by atoms with van der Waals surface area (Å²) in [5, 5.41) is 0. The zero-order valence-electron chi connectivity index (χ0n) is 15.5. The molecule has 2 rings (SSSR count). The molecular formula is C19H28N2O3. The molecule has 0 aliphatic heterocycles. The van der Waals surface area contributed by atoms with Crippen molar-refractivity contribution >= 4 is 0 Å². The molecule has 132 valence electrons. The largest absolute Gasteiger partial charge is 0.487 e. The van der Waals surface area contributed by atoms with Gasteiger partial charge in [-0.15, -0.1) is 0 Å². The molecule has 0 spiro atoms. The third kappa shape index (κ3) is 4.46. The number of ether oxygens (including phenoxy) is 3. The molecule has 24 heavy (non-hydrogen) atoms. The zero-order chi connectivity index (χ0) is 17.8. The Bertz CT molecular complexity index is 593. The Morgan fingerprint density at radius 1 is 1.08 bits per heavy atom. The van der Waals surface area contributed by atoms with Crippen LogP contribution in [0.15, 0.2) is 12.4 Å². The minimum atomic E-state index is -0.220. The molecule has 0 bridgehead atoms. The smallest absolute Gasteiger partial charge is 0.205 e. The summed E-state index contributed by atoms with van der Waals surface area (Å²) in [4.78, 5) is 8.58. The van der Waals surface area contributed by atoms with Crippen LogP contribution < -0.4 is 4.74 Å². The molecule has 0 aromatic carbocycles. The topological polar surface area (TPSA) is 53.5 Å². The molecule has 0 unspecified atom stereocenters. The third-order valence-electron chi connectivity index (χ3n) is 5.00. The van der Waals surface area contributed by atoms with Gasteiger partial charge in [-0.25, -0.2) is 9.97 Å². The van der Waals surface area contributed by atoms with Crippen LogP contribution in [0.25, 0.3) is 0 Å². The first-order chi connectivity index (χ1) is 11.3. The molecule has 1 saturated carbocycles. The SMILES string of the molecule is COCC(C)(C)C(C)(C)C#Cc1ncc(OC2CC(OC)C2)cn1. The van der Waals surface area contributed by atoms with Crippen LogP contribution in [0.4, 0.5) is 0 Å². The van der Waals surface area contributed by atoms with E-state index in [0.29, 0.717) is 24.3 Å². The predicted octanol–water partition coefficient (Wildman–Crippen LogP) is 3.08. The van der Waals surface area contributed by atoms with Crippen LogP contribution in [0.5, 0.6) is 5.75 Å². The Hall–Kier alpha value is -1.64. The van der Waals surface area contributed by atoms with Gasteiger partial charge in [0.05, 0.1) is 25.1 Å². The Balaban J connectivity index is 1.97. The Morgan fingerprint density at radius 3 is 2.25 bits per heavy atom. The molecule has 0 N–H and O–H groups in total. The van der Waals surface area contributed by atoms with E-state index in [2.05, 4.69) is 49.5 Å². The second-order valence-electron chi connectivity index (χ2n) is 7.50. The molecule has 5 nitrogen and oxygen atoms in total. The van der Waals surface area contributed by atoms with Gasteiger partial charge in [-0.05, 0) is 19.8 Å². The average molecular weight is 332 g/mol. The lowest BCUT2D eigenvalue weighted by Gasteiger charge is -2.37.